The standard InChI is InChI=1S/C28H21ClN4O3/c29-23-12-13-25-30-24(15-26(34)33(25)18-23)19-36-27(35)14-11-22-17-32(16-20-7-3-1-4-8-20)31-28(22)21-9-5-2-6-10-21/h1-15,17-18H,16,19H2/b14-11+. The first-order valence-electron chi connectivity index (χ1n) is 11.2. The largest absolute Gasteiger partial charge is 0.456 e. The van der Waals surface area contributed by atoms with E-state index in [9.17, 15) is 9.59 Å². The molecule has 0 spiro atoms. The van der Waals surface area contributed by atoms with Crippen LogP contribution in [0.25, 0.3) is 23.0 Å². The van der Waals surface area contributed by atoms with Gasteiger partial charge in [0, 0.05) is 35.7 Å². The van der Waals surface area contributed by atoms with Gasteiger partial charge in [0.05, 0.1) is 23.0 Å². The number of hydrogen-bond acceptors (Lipinski definition) is 5. The lowest BCUT2D eigenvalue weighted by molar-refractivity contribution is -0.139. The van der Waals surface area contributed by atoms with Crippen LogP contribution in [0, 0.1) is 0 Å². The molecule has 0 radical (unpaired) electrons. The fraction of sp³-hybridized carbons (Fsp3) is 0.0714. The van der Waals surface area contributed by atoms with Crippen LogP contribution in [0.15, 0.2) is 102 Å². The molecule has 0 N–H and O–H groups in total. The molecule has 0 aliphatic carbocycles. The zero-order valence-electron chi connectivity index (χ0n) is 19.1. The van der Waals surface area contributed by atoms with E-state index in [4.69, 9.17) is 21.4 Å². The number of ether oxygens (including phenoxy) is 1. The number of carbonyl (C=O) groups is 1. The summed E-state index contributed by atoms with van der Waals surface area (Å²) < 4.78 is 8.52. The summed E-state index contributed by atoms with van der Waals surface area (Å²) in [6.07, 6.45) is 6.43. The molecule has 0 saturated heterocycles. The maximum absolute atomic E-state index is 12.5. The Bertz CT molecular complexity index is 1610. The molecule has 0 unspecified atom stereocenters. The summed E-state index contributed by atoms with van der Waals surface area (Å²) in [4.78, 5) is 29.1. The number of fused-ring (bicyclic) bond motifs is 1. The van der Waals surface area contributed by atoms with Gasteiger partial charge in [0.25, 0.3) is 5.56 Å². The van der Waals surface area contributed by atoms with Crippen molar-refractivity contribution >= 4 is 29.3 Å². The molecule has 5 aromatic rings. The minimum Gasteiger partial charge on any atom is -0.456 e. The van der Waals surface area contributed by atoms with Gasteiger partial charge in [0.15, 0.2) is 0 Å². The number of benzene rings is 2. The second kappa shape index (κ2) is 10.4. The van der Waals surface area contributed by atoms with Crippen molar-refractivity contribution in [3.05, 3.63) is 130 Å². The molecule has 7 nitrogen and oxygen atoms in total. The van der Waals surface area contributed by atoms with Crippen molar-refractivity contribution in [3.63, 3.8) is 0 Å². The summed E-state index contributed by atoms with van der Waals surface area (Å²) >= 11 is 5.94. The minimum absolute atomic E-state index is 0.129. The quantitative estimate of drug-likeness (QED) is 0.233. The zero-order chi connectivity index (χ0) is 24.9. The molecule has 0 amide bonds. The third kappa shape index (κ3) is 5.42. The number of aromatic nitrogens is 4. The Morgan fingerprint density at radius 3 is 2.50 bits per heavy atom. The summed E-state index contributed by atoms with van der Waals surface area (Å²) in [5.74, 6) is -0.553. The second-order valence-corrected chi connectivity index (χ2v) is 8.52. The van der Waals surface area contributed by atoms with Crippen molar-refractivity contribution in [1.82, 2.24) is 19.2 Å². The van der Waals surface area contributed by atoms with E-state index in [0.717, 1.165) is 22.4 Å². The lowest BCUT2D eigenvalue weighted by Crippen LogP contribution is -2.16. The normalized spacial score (nSPS) is 11.2. The van der Waals surface area contributed by atoms with Gasteiger partial charge in [-0.3, -0.25) is 13.9 Å². The molecule has 0 aliphatic heterocycles. The molecule has 3 aromatic heterocycles. The second-order valence-electron chi connectivity index (χ2n) is 8.08. The molecular formula is C28H21ClN4O3. The van der Waals surface area contributed by atoms with Crippen molar-refractivity contribution < 1.29 is 9.53 Å². The number of hydrogen-bond donors (Lipinski definition) is 0. The Morgan fingerprint density at radius 1 is 0.972 bits per heavy atom. The molecule has 8 heteroatoms. The van der Waals surface area contributed by atoms with Gasteiger partial charge in [-0.1, -0.05) is 72.3 Å². The van der Waals surface area contributed by atoms with Crippen molar-refractivity contribution in [1.29, 1.82) is 0 Å². The Hall–Kier alpha value is -4.49. The Labute approximate surface area is 211 Å². The van der Waals surface area contributed by atoms with E-state index in [-0.39, 0.29) is 12.2 Å². The predicted molar refractivity (Wildman–Crippen MR) is 139 cm³/mol. The third-order valence-electron chi connectivity index (χ3n) is 5.46. The Balaban J connectivity index is 1.33. The van der Waals surface area contributed by atoms with Crippen LogP contribution in [0.5, 0.6) is 0 Å². The molecule has 0 bridgehead atoms. The number of carbonyl (C=O) groups excluding carboxylic acids is 1. The molecule has 0 fully saturated rings. The first-order chi connectivity index (χ1) is 17.5. The monoisotopic (exact) mass is 496 g/mol. The van der Waals surface area contributed by atoms with Crippen molar-refractivity contribution in [3.8, 4) is 11.3 Å². The highest BCUT2D eigenvalue weighted by Crippen LogP contribution is 2.23. The van der Waals surface area contributed by atoms with Crippen LogP contribution in [-0.2, 0) is 22.7 Å². The van der Waals surface area contributed by atoms with Crippen LogP contribution in [0.1, 0.15) is 16.8 Å². The average Bonchev–Trinajstić information content (AvgIpc) is 3.30. The summed E-state index contributed by atoms with van der Waals surface area (Å²) in [7, 11) is 0. The van der Waals surface area contributed by atoms with Gasteiger partial charge in [-0.05, 0) is 23.8 Å². The van der Waals surface area contributed by atoms with E-state index in [0.29, 0.717) is 22.9 Å². The van der Waals surface area contributed by atoms with E-state index in [2.05, 4.69) is 4.98 Å². The number of pyridine rings is 1. The van der Waals surface area contributed by atoms with E-state index < -0.39 is 5.97 Å². The first kappa shape index (κ1) is 23.3. The SMILES string of the molecule is O=C(/C=C/c1cn(Cc2ccccc2)nc1-c1ccccc1)OCc1cc(=O)n2cc(Cl)ccc2n1. The van der Waals surface area contributed by atoms with Crippen LogP contribution < -0.4 is 5.56 Å². The van der Waals surface area contributed by atoms with Crippen LogP contribution in [0.3, 0.4) is 0 Å². The predicted octanol–water partition coefficient (Wildman–Crippen LogP) is 5.02. The number of halogens is 1. The summed E-state index contributed by atoms with van der Waals surface area (Å²) in [5, 5.41) is 5.18. The molecule has 5 rings (SSSR count). The van der Waals surface area contributed by atoms with Crippen LogP contribution in [0.2, 0.25) is 5.02 Å². The zero-order valence-corrected chi connectivity index (χ0v) is 19.9. The summed E-state index contributed by atoms with van der Waals surface area (Å²) in [5.41, 5.74) is 4.08. The van der Waals surface area contributed by atoms with E-state index in [1.807, 2.05) is 71.5 Å². The van der Waals surface area contributed by atoms with E-state index in [1.54, 1.807) is 18.2 Å². The van der Waals surface area contributed by atoms with Gasteiger partial charge in [0.2, 0.25) is 0 Å². The maximum Gasteiger partial charge on any atom is 0.331 e. The summed E-state index contributed by atoms with van der Waals surface area (Å²) in [6, 6.07) is 24.4. The fourth-order valence-corrected chi connectivity index (χ4v) is 3.94. The highest BCUT2D eigenvalue weighted by molar-refractivity contribution is 6.30. The molecule has 178 valence electrons. The highest BCUT2D eigenvalue weighted by atomic mass is 35.5. The molecule has 3 heterocycles. The minimum atomic E-state index is -0.553. The van der Waals surface area contributed by atoms with Crippen molar-refractivity contribution in [2.75, 3.05) is 0 Å². The van der Waals surface area contributed by atoms with Crippen LogP contribution in [-0.4, -0.2) is 25.1 Å². The third-order valence-corrected chi connectivity index (χ3v) is 5.69. The molecular weight excluding hydrogens is 476 g/mol. The van der Waals surface area contributed by atoms with Gasteiger partial charge >= 0.3 is 5.97 Å². The number of rotatable bonds is 7. The molecule has 0 saturated carbocycles. The van der Waals surface area contributed by atoms with Crippen LogP contribution >= 0.6 is 11.6 Å². The smallest absolute Gasteiger partial charge is 0.331 e. The van der Waals surface area contributed by atoms with Gasteiger partial charge in [-0.2, -0.15) is 5.10 Å². The number of nitrogens with zero attached hydrogens (tertiary/aromatic N) is 4. The fourth-order valence-electron chi connectivity index (χ4n) is 3.78. The van der Waals surface area contributed by atoms with Gasteiger partial charge in [-0.15, -0.1) is 0 Å². The first-order valence-corrected chi connectivity index (χ1v) is 11.6. The molecule has 0 atom stereocenters. The maximum atomic E-state index is 12.5. The van der Waals surface area contributed by atoms with Gasteiger partial charge < -0.3 is 4.74 Å². The van der Waals surface area contributed by atoms with Crippen molar-refractivity contribution in [2.24, 2.45) is 0 Å². The summed E-state index contributed by atoms with van der Waals surface area (Å²) in [6.45, 7) is 0.476. The Kier molecular flexibility index (Phi) is 6.73. The van der Waals surface area contributed by atoms with E-state index >= 15 is 0 Å². The van der Waals surface area contributed by atoms with E-state index in [1.165, 1.54) is 22.7 Å². The Morgan fingerprint density at radius 2 is 1.72 bits per heavy atom. The molecule has 2 aromatic carbocycles. The molecule has 0 aliphatic rings. The average molecular weight is 497 g/mol. The number of esters is 1. The topological polar surface area (TPSA) is 78.5 Å². The van der Waals surface area contributed by atoms with Gasteiger partial charge in [-0.25, -0.2) is 9.78 Å². The van der Waals surface area contributed by atoms with Crippen LogP contribution in [0.4, 0.5) is 0 Å². The molecule has 36 heavy (non-hydrogen) atoms. The van der Waals surface area contributed by atoms with Gasteiger partial charge in [0.1, 0.15) is 12.3 Å². The lowest BCUT2D eigenvalue weighted by Gasteiger charge is -2.05. The van der Waals surface area contributed by atoms with Crippen molar-refractivity contribution in [2.45, 2.75) is 13.2 Å². The lowest BCUT2D eigenvalue weighted by atomic mass is 10.1. The highest BCUT2D eigenvalue weighted by Gasteiger charge is 2.11.